The van der Waals surface area contributed by atoms with E-state index in [0.29, 0.717) is 41.9 Å². The third kappa shape index (κ3) is 12.8. The van der Waals surface area contributed by atoms with Crippen LogP contribution in [0.5, 0.6) is 0 Å². The van der Waals surface area contributed by atoms with Gasteiger partial charge in [-0.05, 0) is 76.9 Å². The minimum Gasteiger partial charge on any atom is -0.457 e. The first-order valence-corrected chi connectivity index (χ1v) is 25.0. The molecule has 0 aromatic heterocycles. The number of aryl methyl sites for hydroxylation is 1. The van der Waals surface area contributed by atoms with Crippen LogP contribution in [0.1, 0.15) is 71.4 Å². The van der Waals surface area contributed by atoms with Crippen molar-refractivity contribution in [2.24, 2.45) is 11.8 Å². The molecule has 1 aromatic carbocycles. The standard InChI is InChI=1S/C42H63ClN4O10SSi/c1-25-13-11-14-27(3)42(53)23-32(55-40(52)45-42)28(4)38-41(6,57-38)33(22-36(50)47(8)31-21-30(19-25)20-26(2)37(31)43)56-39(51)29(5)46(7)35(49)15-17-58-24-34(48)44-16-12-18-59(9,10)54/h11,13-14,20-21,27-29,32-33,38,53-54H,12,15-19,22-24H2,1-10H3,(H,44,48)(H,45,52)/b14-11+,25-13+/t27-,28-,29+,32+,33+,38+,41-,42+/m1/s1. The molecule has 2 saturated heterocycles. The number of carbonyl (C=O) groups is 5. The Morgan fingerprint density at radius 3 is 2.59 bits per heavy atom. The lowest BCUT2D eigenvalue weighted by Gasteiger charge is -2.41. The zero-order chi connectivity index (χ0) is 44.0. The van der Waals surface area contributed by atoms with Gasteiger partial charge >= 0.3 is 12.1 Å². The van der Waals surface area contributed by atoms with Gasteiger partial charge in [-0.3, -0.25) is 19.7 Å². The molecule has 3 aliphatic rings. The van der Waals surface area contributed by atoms with Crippen LogP contribution in [0.15, 0.2) is 35.9 Å². The van der Waals surface area contributed by atoms with Gasteiger partial charge < -0.3 is 39.2 Å². The molecule has 3 heterocycles. The Morgan fingerprint density at radius 2 is 1.92 bits per heavy atom. The van der Waals surface area contributed by atoms with Crippen molar-refractivity contribution in [3.63, 3.8) is 0 Å². The maximum absolute atomic E-state index is 14.2. The number of esters is 1. The van der Waals surface area contributed by atoms with Crippen molar-refractivity contribution in [3.8, 4) is 0 Å². The Hall–Kier alpha value is -3.41. The van der Waals surface area contributed by atoms with E-state index in [4.69, 9.17) is 25.8 Å². The number of carbonyl (C=O) groups excluding carboxylic acids is 5. The molecule has 8 atom stereocenters. The molecule has 59 heavy (non-hydrogen) atoms. The summed E-state index contributed by atoms with van der Waals surface area (Å²) in [4.78, 5) is 79.0. The Morgan fingerprint density at radius 1 is 1.22 bits per heavy atom. The first-order chi connectivity index (χ1) is 27.5. The molecule has 0 unspecified atom stereocenters. The van der Waals surface area contributed by atoms with E-state index < -0.39 is 73.8 Å². The first-order valence-electron chi connectivity index (χ1n) is 20.3. The second-order valence-electron chi connectivity index (χ2n) is 17.2. The van der Waals surface area contributed by atoms with Gasteiger partial charge in [0.25, 0.3) is 0 Å². The van der Waals surface area contributed by atoms with Crippen LogP contribution in [-0.2, 0) is 39.8 Å². The Bertz CT molecular complexity index is 1810. The number of anilines is 1. The number of amides is 4. The van der Waals surface area contributed by atoms with Gasteiger partial charge in [-0.2, -0.15) is 11.8 Å². The van der Waals surface area contributed by atoms with E-state index in [1.165, 1.54) is 28.6 Å². The number of benzene rings is 1. The van der Waals surface area contributed by atoms with Gasteiger partial charge in [-0.25, -0.2) is 9.59 Å². The second kappa shape index (κ2) is 20.0. The van der Waals surface area contributed by atoms with Gasteiger partial charge in [0.05, 0.1) is 29.0 Å². The van der Waals surface area contributed by atoms with Gasteiger partial charge in [0.15, 0.2) is 8.32 Å². The van der Waals surface area contributed by atoms with Crippen molar-refractivity contribution >= 4 is 67.2 Å². The van der Waals surface area contributed by atoms with Crippen LogP contribution in [0.3, 0.4) is 0 Å². The molecule has 4 N–H and O–H groups in total. The average Bonchev–Trinajstić information content (AvgIpc) is 3.85. The average molecular weight is 880 g/mol. The van der Waals surface area contributed by atoms with Crippen LogP contribution in [0, 0.1) is 18.8 Å². The number of nitrogens with one attached hydrogen (secondary N) is 2. The summed E-state index contributed by atoms with van der Waals surface area (Å²) >= 11 is 8.09. The van der Waals surface area contributed by atoms with Crippen LogP contribution in [0.4, 0.5) is 10.5 Å². The van der Waals surface area contributed by atoms with Crippen molar-refractivity contribution in [2.75, 3.05) is 37.0 Å². The lowest BCUT2D eigenvalue weighted by atomic mass is 9.82. The summed E-state index contributed by atoms with van der Waals surface area (Å²) in [5.41, 5.74) is 0.385. The Kier molecular flexibility index (Phi) is 16.3. The van der Waals surface area contributed by atoms with Gasteiger partial charge in [0, 0.05) is 51.1 Å². The lowest BCUT2D eigenvalue weighted by molar-refractivity contribution is -0.161. The minimum absolute atomic E-state index is 0.0526. The summed E-state index contributed by atoms with van der Waals surface area (Å²) in [5.74, 6) is -2.07. The number of hydrogen-bond donors (Lipinski definition) is 4. The van der Waals surface area contributed by atoms with E-state index in [2.05, 4.69) is 10.6 Å². The normalized spacial score (nSPS) is 29.5. The molecule has 14 nitrogen and oxygen atoms in total. The summed E-state index contributed by atoms with van der Waals surface area (Å²) < 4.78 is 18.1. The molecule has 0 aliphatic carbocycles. The number of thioether (sulfide) groups is 1. The third-order valence-corrected chi connectivity index (χ3v) is 14.7. The summed E-state index contributed by atoms with van der Waals surface area (Å²) in [6.45, 7) is 14.9. The largest absolute Gasteiger partial charge is 0.457 e. The number of aliphatic hydroxyl groups is 1. The summed E-state index contributed by atoms with van der Waals surface area (Å²) in [6, 6.07) is 3.49. The number of likely N-dealkylation sites (N-methyl/N-ethyl adjacent to an activating group) is 1. The molecule has 0 saturated carbocycles. The molecular formula is C42H63ClN4O10SSi. The van der Waals surface area contributed by atoms with E-state index in [0.717, 1.165) is 16.7 Å². The summed E-state index contributed by atoms with van der Waals surface area (Å²) in [5, 5.41) is 17.5. The fraction of sp³-hybridized carbons (Fsp3) is 0.643. The van der Waals surface area contributed by atoms with Crippen molar-refractivity contribution in [1.29, 1.82) is 0 Å². The third-order valence-electron chi connectivity index (χ3n) is 11.6. The molecule has 3 aliphatic heterocycles. The van der Waals surface area contributed by atoms with Crippen LogP contribution in [-0.4, -0.2) is 121 Å². The van der Waals surface area contributed by atoms with E-state index in [1.807, 2.05) is 71.1 Å². The topological polar surface area (TPSA) is 187 Å². The highest BCUT2D eigenvalue weighted by Crippen LogP contribution is 2.49. The number of halogens is 1. The van der Waals surface area contributed by atoms with Crippen molar-refractivity contribution in [2.45, 2.75) is 128 Å². The predicted octanol–water partition coefficient (Wildman–Crippen LogP) is 5.26. The number of alkyl carbamates (subject to hydrolysis) is 1. The molecule has 0 spiro atoms. The van der Waals surface area contributed by atoms with Crippen LogP contribution < -0.4 is 15.5 Å². The molecule has 328 valence electrons. The molecule has 2 fully saturated rings. The number of hydrogen-bond acceptors (Lipinski definition) is 11. The van der Waals surface area contributed by atoms with Gasteiger partial charge in [-0.15, -0.1) is 0 Å². The Balaban J connectivity index is 1.53. The fourth-order valence-corrected chi connectivity index (χ4v) is 9.49. The highest BCUT2D eigenvalue weighted by atomic mass is 35.5. The number of allylic oxidation sites excluding steroid dienone is 3. The number of nitrogens with zero attached hydrogens (tertiary/aromatic N) is 2. The van der Waals surface area contributed by atoms with Gasteiger partial charge in [0.1, 0.15) is 29.6 Å². The second-order valence-corrected chi connectivity index (χ2v) is 22.8. The maximum atomic E-state index is 14.2. The SMILES string of the molecule is C/C1=C\C=C\[C@@H](C)[C@@]2(O)C[C@H](OC(=O)N2)[C@@H](C)[C@@H]2O[C@]2(C)[C@@H](OC(=O)[C@H](C)N(C)C(=O)CCSCC(=O)NCCC[Si](C)(C)O)CC(=O)N(C)c2cc(cc(C)c2Cl)C1. The first kappa shape index (κ1) is 48.3. The highest BCUT2D eigenvalue weighted by Gasteiger charge is 2.64. The zero-order valence-electron chi connectivity index (χ0n) is 36.1. The number of epoxide rings is 1. The van der Waals surface area contributed by atoms with Crippen LogP contribution >= 0.6 is 23.4 Å². The molecule has 4 amide bonds. The minimum atomic E-state index is -2.16. The van der Waals surface area contributed by atoms with E-state index in [1.54, 1.807) is 20.9 Å². The quantitative estimate of drug-likeness (QED) is 0.0929. The lowest BCUT2D eigenvalue weighted by Crippen LogP contribution is -2.60. The van der Waals surface area contributed by atoms with E-state index in [-0.39, 0.29) is 36.8 Å². The number of rotatable bonds is 12. The molecule has 17 heteroatoms. The summed E-state index contributed by atoms with van der Waals surface area (Å²) in [6.07, 6.45) is 3.39. The van der Waals surface area contributed by atoms with E-state index >= 15 is 0 Å². The molecule has 4 rings (SSSR count). The monoisotopic (exact) mass is 878 g/mol. The maximum Gasteiger partial charge on any atom is 0.409 e. The summed E-state index contributed by atoms with van der Waals surface area (Å²) in [7, 11) is 0.951. The predicted molar refractivity (Wildman–Crippen MR) is 232 cm³/mol. The smallest absolute Gasteiger partial charge is 0.409 e. The number of fused-ring (bicyclic) bond motifs is 5. The van der Waals surface area contributed by atoms with Crippen LogP contribution in [0.25, 0.3) is 0 Å². The van der Waals surface area contributed by atoms with Crippen molar-refractivity contribution in [1.82, 2.24) is 15.5 Å². The molecular weight excluding hydrogens is 816 g/mol. The Labute approximate surface area is 358 Å². The van der Waals surface area contributed by atoms with Crippen LogP contribution in [0.2, 0.25) is 24.2 Å². The van der Waals surface area contributed by atoms with Gasteiger partial charge in [0.2, 0.25) is 17.7 Å². The fourth-order valence-electron chi connectivity index (χ4n) is 7.46. The van der Waals surface area contributed by atoms with E-state index in [9.17, 15) is 33.9 Å². The van der Waals surface area contributed by atoms with Gasteiger partial charge in [-0.1, -0.05) is 55.3 Å². The molecule has 0 radical (unpaired) electrons. The molecule has 1 aromatic rings. The molecule has 4 bridgehead atoms. The number of ether oxygens (including phenoxy) is 3. The van der Waals surface area contributed by atoms with Crippen molar-refractivity contribution < 1.29 is 48.1 Å². The van der Waals surface area contributed by atoms with Crippen molar-refractivity contribution in [3.05, 3.63) is 52.1 Å². The highest BCUT2D eigenvalue weighted by molar-refractivity contribution is 7.99. The zero-order valence-corrected chi connectivity index (χ0v) is 38.6.